The molecule has 0 saturated heterocycles. The van der Waals surface area contributed by atoms with Gasteiger partial charge in [-0.05, 0) is 6.92 Å². The molecule has 9 heteroatoms. The molecule has 0 saturated carbocycles. The number of nitrogens with zero attached hydrogens (tertiary/aromatic N) is 1. The number of hydrogen-bond donors (Lipinski definition) is 0. The summed E-state index contributed by atoms with van der Waals surface area (Å²) in [5.41, 5.74) is 0. The number of nitriles is 1. The summed E-state index contributed by atoms with van der Waals surface area (Å²) >= 11 is 0. The van der Waals surface area contributed by atoms with Gasteiger partial charge in [-0.1, -0.05) is 0 Å². The van der Waals surface area contributed by atoms with Gasteiger partial charge in [-0.15, -0.1) is 0 Å². The van der Waals surface area contributed by atoms with E-state index in [2.05, 4.69) is 8.71 Å². The average Bonchev–Trinajstić information content (AvgIpc) is 2.13. The summed E-state index contributed by atoms with van der Waals surface area (Å²) in [4.78, 5) is 0. The maximum absolute atomic E-state index is 11.7. The van der Waals surface area contributed by atoms with Gasteiger partial charge in [0.15, 0.2) is 0 Å². The van der Waals surface area contributed by atoms with Crippen LogP contribution in [0.4, 0.5) is 0 Å². The topological polar surface area (TPSA) is 103 Å². The summed E-state index contributed by atoms with van der Waals surface area (Å²) < 4.78 is 46.7. The van der Waals surface area contributed by atoms with E-state index < -0.39 is 23.6 Å². The minimum atomic E-state index is -3.90. The molecule has 0 spiro atoms. The summed E-state index contributed by atoms with van der Waals surface area (Å²) in [6.07, 6.45) is 0.739. The zero-order valence-electron chi connectivity index (χ0n) is 8.54. The lowest BCUT2D eigenvalue weighted by Gasteiger charge is -2.18. The van der Waals surface area contributed by atoms with Crippen LogP contribution in [0.3, 0.4) is 0 Å². The van der Waals surface area contributed by atoms with Gasteiger partial charge in [0.2, 0.25) is 0 Å². The maximum Gasteiger partial charge on any atom is 0.374 e. The first-order valence-electron chi connectivity index (χ1n) is 3.87. The van der Waals surface area contributed by atoms with Crippen LogP contribution in [0.2, 0.25) is 0 Å². The Balaban J connectivity index is 4.96. The minimum Gasteiger partial charge on any atom is -0.309 e. The van der Waals surface area contributed by atoms with Gasteiger partial charge in [0, 0.05) is 7.11 Å². The normalized spacial score (nSPS) is 17.7. The minimum absolute atomic E-state index is 0.0103. The highest BCUT2D eigenvalue weighted by molar-refractivity contribution is 7.86. The highest BCUT2D eigenvalue weighted by Gasteiger charge is 2.38. The van der Waals surface area contributed by atoms with Crippen LogP contribution in [0.25, 0.3) is 0 Å². The van der Waals surface area contributed by atoms with Gasteiger partial charge in [0.05, 0.1) is 12.9 Å². The molecule has 7 nitrogen and oxygen atoms in total. The van der Waals surface area contributed by atoms with Gasteiger partial charge < -0.3 is 9.05 Å². The number of hydrogen-bond acceptors (Lipinski definition) is 7. The average molecular weight is 257 g/mol. The molecule has 0 radical (unpaired) electrons. The summed E-state index contributed by atoms with van der Waals surface area (Å²) in [7, 11) is -6.72. The molecular formula is C6H12NO6PS. The van der Waals surface area contributed by atoms with Gasteiger partial charge in [-0.25, -0.2) is 4.18 Å². The molecule has 2 unspecified atom stereocenters. The second-order valence-electron chi connectivity index (χ2n) is 2.42. The van der Waals surface area contributed by atoms with E-state index in [1.165, 1.54) is 13.0 Å². The Hall–Kier alpha value is -0.450. The van der Waals surface area contributed by atoms with Gasteiger partial charge in [0.25, 0.3) is 16.0 Å². The van der Waals surface area contributed by atoms with Crippen molar-refractivity contribution in [2.45, 2.75) is 12.8 Å². The predicted octanol–water partition coefficient (Wildman–Crippen LogP) is 0.688. The fourth-order valence-electron chi connectivity index (χ4n) is 0.707. The van der Waals surface area contributed by atoms with Crippen LogP contribution in [0.5, 0.6) is 0 Å². The lowest BCUT2D eigenvalue weighted by atomic mass is 10.8. The first kappa shape index (κ1) is 14.6. The van der Waals surface area contributed by atoms with Gasteiger partial charge in [-0.3, -0.25) is 4.57 Å². The van der Waals surface area contributed by atoms with E-state index in [4.69, 9.17) is 9.79 Å². The highest BCUT2D eigenvalue weighted by Crippen LogP contribution is 2.52. The quantitative estimate of drug-likeness (QED) is 0.509. The smallest absolute Gasteiger partial charge is 0.309 e. The monoisotopic (exact) mass is 257 g/mol. The lowest BCUT2D eigenvalue weighted by Crippen LogP contribution is -2.18. The molecule has 0 rings (SSSR count). The summed E-state index contributed by atoms with van der Waals surface area (Å²) in [6.45, 7) is 1.54. The Morgan fingerprint density at radius 2 is 2.07 bits per heavy atom. The first-order chi connectivity index (χ1) is 6.79. The zero-order chi connectivity index (χ0) is 12.1. The third-order valence-electron chi connectivity index (χ3n) is 1.23. The van der Waals surface area contributed by atoms with Crippen molar-refractivity contribution in [2.24, 2.45) is 0 Å². The molecule has 0 aromatic carbocycles. The van der Waals surface area contributed by atoms with Gasteiger partial charge >= 0.3 is 7.60 Å². The Bertz CT molecular complexity index is 385. The van der Waals surface area contributed by atoms with Crippen molar-refractivity contribution in [3.8, 4) is 6.07 Å². The van der Waals surface area contributed by atoms with Crippen molar-refractivity contribution in [2.75, 3.05) is 20.0 Å². The molecule has 0 aliphatic heterocycles. The third-order valence-corrected chi connectivity index (χ3v) is 3.83. The van der Waals surface area contributed by atoms with Crippen molar-refractivity contribution in [3.63, 3.8) is 0 Å². The number of rotatable bonds is 6. The molecule has 0 N–H and O–H groups in total. The van der Waals surface area contributed by atoms with E-state index in [0.29, 0.717) is 0 Å². The van der Waals surface area contributed by atoms with Crippen LogP contribution in [-0.4, -0.2) is 34.2 Å². The largest absolute Gasteiger partial charge is 0.374 e. The Kier molecular flexibility index (Phi) is 5.42. The van der Waals surface area contributed by atoms with Crippen molar-refractivity contribution in [1.29, 1.82) is 5.26 Å². The standard InChI is InChI=1S/C6H12NO6PS/c1-4-12-14(8,11-2)6(5-7)13-15(3,9)10/h6H,4H2,1-3H3. The molecule has 0 aliphatic carbocycles. The predicted molar refractivity (Wildman–Crippen MR) is 51.6 cm³/mol. The van der Waals surface area contributed by atoms with Crippen LogP contribution < -0.4 is 0 Å². The zero-order valence-corrected chi connectivity index (χ0v) is 10.2. The molecule has 0 aromatic heterocycles. The molecule has 0 heterocycles. The molecule has 15 heavy (non-hydrogen) atoms. The van der Waals surface area contributed by atoms with Crippen LogP contribution in [-0.2, 0) is 27.9 Å². The van der Waals surface area contributed by atoms with Crippen molar-refractivity contribution < 1.29 is 26.2 Å². The SMILES string of the molecule is CCOP(=O)(OC)C(C#N)OS(C)(=O)=O. The summed E-state index contributed by atoms with van der Waals surface area (Å²) in [6, 6.07) is 1.42. The third kappa shape index (κ3) is 4.73. The molecule has 0 bridgehead atoms. The van der Waals surface area contributed by atoms with Crippen LogP contribution in [0.15, 0.2) is 0 Å². The molecule has 0 amide bonds. The van der Waals surface area contributed by atoms with E-state index >= 15 is 0 Å². The molecular weight excluding hydrogens is 245 g/mol. The molecule has 0 fully saturated rings. The lowest BCUT2D eigenvalue weighted by molar-refractivity contribution is 0.199. The van der Waals surface area contributed by atoms with Crippen molar-refractivity contribution in [1.82, 2.24) is 0 Å². The van der Waals surface area contributed by atoms with E-state index in [0.717, 1.165) is 13.4 Å². The van der Waals surface area contributed by atoms with E-state index in [1.807, 2.05) is 0 Å². The van der Waals surface area contributed by atoms with E-state index in [1.54, 1.807) is 0 Å². The molecule has 88 valence electrons. The van der Waals surface area contributed by atoms with Crippen molar-refractivity contribution in [3.05, 3.63) is 0 Å². The maximum atomic E-state index is 11.7. The molecule has 2 atom stereocenters. The van der Waals surface area contributed by atoms with Crippen LogP contribution in [0, 0.1) is 11.3 Å². The van der Waals surface area contributed by atoms with Crippen LogP contribution in [0.1, 0.15) is 6.92 Å². The van der Waals surface area contributed by atoms with Gasteiger partial charge in [0.1, 0.15) is 6.07 Å². The second-order valence-corrected chi connectivity index (χ2v) is 6.19. The Morgan fingerprint density at radius 3 is 2.33 bits per heavy atom. The molecule has 0 aromatic rings. The Labute approximate surface area is 88.6 Å². The van der Waals surface area contributed by atoms with E-state index in [-0.39, 0.29) is 6.61 Å². The first-order valence-corrected chi connectivity index (χ1v) is 7.29. The van der Waals surface area contributed by atoms with Gasteiger partial charge in [-0.2, -0.15) is 13.7 Å². The fraction of sp³-hybridized carbons (Fsp3) is 0.833. The molecule has 0 aliphatic rings. The Morgan fingerprint density at radius 1 is 1.53 bits per heavy atom. The summed E-state index contributed by atoms with van der Waals surface area (Å²) in [5.74, 6) is -1.78. The summed E-state index contributed by atoms with van der Waals surface area (Å²) in [5, 5.41) is 8.61. The van der Waals surface area contributed by atoms with Crippen molar-refractivity contribution >= 4 is 17.7 Å². The second kappa shape index (κ2) is 5.58. The highest BCUT2D eigenvalue weighted by atomic mass is 32.2. The van der Waals surface area contributed by atoms with Crippen LogP contribution >= 0.6 is 7.60 Å². The fourth-order valence-corrected chi connectivity index (χ4v) is 2.90. The van der Waals surface area contributed by atoms with E-state index in [9.17, 15) is 13.0 Å².